The van der Waals surface area contributed by atoms with Crippen LogP contribution in [0.5, 0.6) is 12.0 Å². The third-order valence-electron chi connectivity index (χ3n) is 1.49. The van der Waals surface area contributed by atoms with E-state index >= 15 is 0 Å². The van der Waals surface area contributed by atoms with E-state index in [-0.39, 0.29) is 12.1 Å². The molecule has 0 aromatic carbocycles. The lowest BCUT2D eigenvalue weighted by Crippen LogP contribution is -1.84. The van der Waals surface area contributed by atoms with Crippen LogP contribution in [0.15, 0.2) is 18.4 Å². The van der Waals surface area contributed by atoms with Gasteiger partial charge >= 0.3 is 24.2 Å². The second-order valence-electron chi connectivity index (χ2n) is 2.94. The summed E-state index contributed by atoms with van der Waals surface area (Å²) in [5, 5.41) is 9.92. The van der Waals surface area contributed by atoms with Crippen LogP contribution in [0.2, 0.25) is 0 Å². The van der Waals surface area contributed by atoms with Crippen LogP contribution >= 0.6 is 0 Å². The molecule has 120 valence electrons. The topological polar surface area (TPSA) is 102 Å². The molecule has 8 nitrogen and oxygen atoms in total. The van der Waals surface area contributed by atoms with Crippen molar-refractivity contribution in [3.05, 3.63) is 30.3 Å². The Bertz CT molecular complexity index is 647. The highest BCUT2D eigenvalue weighted by Gasteiger charge is 2.04. The van der Waals surface area contributed by atoms with E-state index in [0.29, 0.717) is 6.08 Å². The molecule has 0 spiro atoms. The Morgan fingerprint density at radius 2 is 1.73 bits per heavy atom. The Morgan fingerprint density at radius 1 is 1.00 bits per heavy atom. The van der Waals surface area contributed by atoms with E-state index in [2.05, 4.69) is 29.8 Å². The van der Waals surface area contributed by atoms with Gasteiger partial charge in [-0.3, -0.25) is 0 Å². The maximum atomic E-state index is 11.9. The SMILES string of the molecule is FC(F)=Cc1n[nH]c(F)n1.FOc1n[nH]c(OC=C(F)F)n1. The van der Waals surface area contributed by atoms with Gasteiger partial charge in [0, 0.05) is 4.53 Å². The summed E-state index contributed by atoms with van der Waals surface area (Å²) >= 11 is 0. The van der Waals surface area contributed by atoms with Crippen molar-refractivity contribution in [2.45, 2.75) is 0 Å². The van der Waals surface area contributed by atoms with Gasteiger partial charge < -0.3 is 4.74 Å². The first-order valence-corrected chi connectivity index (χ1v) is 4.90. The summed E-state index contributed by atoms with van der Waals surface area (Å²) in [5.74, 6) is -0.363. The minimum Gasteiger partial charge on any atom is -0.427 e. The smallest absolute Gasteiger partial charge is 0.381 e. The fourth-order valence-electron chi connectivity index (χ4n) is 0.836. The van der Waals surface area contributed by atoms with Gasteiger partial charge in [-0.2, -0.15) is 32.0 Å². The van der Waals surface area contributed by atoms with Crippen LogP contribution in [0.3, 0.4) is 0 Å². The summed E-state index contributed by atoms with van der Waals surface area (Å²) in [7, 11) is 0. The highest BCUT2D eigenvalue weighted by Crippen LogP contribution is 2.09. The zero-order valence-corrected chi connectivity index (χ0v) is 10.0. The van der Waals surface area contributed by atoms with Crippen molar-refractivity contribution in [2.75, 3.05) is 0 Å². The third-order valence-corrected chi connectivity index (χ3v) is 1.49. The van der Waals surface area contributed by atoms with Gasteiger partial charge in [0.15, 0.2) is 12.1 Å². The number of H-pyrrole nitrogens is 2. The molecule has 0 amide bonds. The number of hydrogen-bond donors (Lipinski definition) is 2. The average Bonchev–Trinajstić information content (AvgIpc) is 3.05. The van der Waals surface area contributed by atoms with E-state index in [4.69, 9.17) is 0 Å². The molecule has 2 rings (SSSR count). The van der Waals surface area contributed by atoms with Gasteiger partial charge in [0.05, 0.1) is 6.08 Å². The minimum atomic E-state index is -2.05. The fraction of sp³-hybridized carbons (Fsp3) is 0. The van der Waals surface area contributed by atoms with E-state index in [1.54, 1.807) is 5.10 Å². The Balaban J connectivity index is 0.000000224. The molecule has 0 radical (unpaired) electrons. The van der Waals surface area contributed by atoms with Gasteiger partial charge in [-0.05, 0) is 0 Å². The predicted octanol–water partition coefficient (Wildman–Crippen LogP) is 2.37. The molecule has 2 aromatic rings. The molecule has 0 fully saturated rings. The van der Waals surface area contributed by atoms with E-state index in [1.165, 1.54) is 0 Å². The molecule has 2 N–H and O–H groups in total. The molecule has 0 aliphatic carbocycles. The summed E-state index contributed by atoms with van der Waals surface area (Å²) in [6.45, 7) is 0. The van der Waals surface area contributed by atoms with Crippen molar-refractivity contribution >= 4 is 6.08 Å². The molecule has 0 saturated carbocycles. The first-order chi connectivity index (χ1) is 10.4. The molecule has 0 bridgehead atoms. The maximum Gasteiger partial charge on any atom is 0.381 e. The van der Waals surface area contributed by atoms with Crippen molar-refractivity contribution < 1.29 is 36.2 Å². The molecule has 0 saturated heterocycles. The maximum absolute atomic E-state index is 11.9. The number of ether oxygens (including phenoxy) is 1. The first-order valence-electron chi connectivity index (χ1n) is 4.90. The Morgan fingerprint density at radius 3 is 2.18 bits per heavy atom. The summed E-state index contributed by atoms with van der Waals surface area (Å²) in [4.78, 5) is 9.16. The lowest BCUT2D eigenvalue weighted by Gasteiger charge is -1.88. The minimum absolute atomic E-state index is 0.128. The molecular formula is C8H4F6N6O2. The molecule has 2 aromatic heterocycles. The number of nitrogens with one attached hydrogen (secondary N) is 2. The Labute approximate surface area is 116 Å². The monoisotopic (exact) mass is 330 g/mol. The number of aromatic amines is 2. The Kier molecular flexibility index (Phi) is 6.39. The number of halogens is 6. The van der Waals surface area contributed by atoms with E-state index in [9.17, 15) is 26.5 Å². The molecule has 0 aliphatic rings. The normalized spacial score (nSPS) is 9.36. The van der Waals surface area contributed by atoms with Crippen LogP contribution in [0, 0.1) is 6.08 Å². The first kappa shape index (κ1) is 17.0. The molecular weight excluding hydrogens is 326 g/mol. The van der Waals surface area contributed by atoms with Gasteiger partial charge in [0.1, 0.15) is 0 Å². The molecule has 22 heavy (non-hydrogen) atoms. The van der Waals surface area contributed by atoms with Crippen molar-refractivity contribution in [2.24, 2.45) is 0 Å². The molecule has 0 aliphatic heterocycles. The predicted molar refractivity (Wildman–Crippen MR) is 55.6 cm³/mol. The van der Waals surface area contributed by atoms with Gasteiger partial charge in [-0.1, -0.05) is 0 Å². The fourth-order valence-corrected chi connectivity index (χ4v) is 0.836. The summed E-state index contributed by atoms with van der Waals surface area (Å²) in [5.41, 5.74) is 0. The largest absolute Gasteiger partial charge is 0.427 e. The number of nitrogens with zero attached hydrogens (tertiary/aromatic N) is 4. The van der Waals surface area contributed by atoms with Gasteiger partial charge in [0.25, 0.3) is 6.08 Å². The van der Waals surface area contributed by atoms with Gasteiger partial charge in [0.2, 0.25) is 0 Å². The lowest BCUT2D eigenvalue weighted by atomic mass is 10.6. The Hall–Kier alpha value is -3.06. The van der Waals surface area contributed by atoms with Crippen LogP contribution in [-0.2, 0) is 0 Å². The number of hydrogen-bond acceptors (Lipinski definition) is 6. The highest BCUT2D eigenvalue weighted by atomic mass is 19.3. The number of rotatable bonds is 4. The molecule has 2 heterocycles. The summed E-state index contributed by atoms with van der Waals surface area (Å²) in [6, 6.07) is -1.03. The van der Waals surface area contributed by atoms with Crippen molar-refractivity contribution in [3.8, 4) is 12.0 Å². The quantitative estimate of drug-likeness (QED) is 0.659. The molecule has 0 unspecified atom stereocenters. The van der Waals surface area contributed by atoms with Crippen molar-refractivity contribution in [1.82, 2.24) is 30.4 Å². The third kappa shape index (κ3) is 6.40. The van der Waals surface area contributed by atoms with Crippen LogP contribution in [0.1, 0.15) is 5.82 Å². The van der Waals surface area contributed by atoms with E-state index in [1.807, 2.05) is 5.10 Å². The van der Waals surface area contributed by atoms with Gasteiger partial charge in [-0.15, -0.1) is 10.1 Å². The highest BCUT2D eigenvalue weighted by molar-refractivity contribution is 5.38. The van der Waals surface area contributed by atoms with Crippen LogP contribution in [-0.4, -0.2) is 30.4 Å². The van der Waals surface area contributed by atoms with Crippen LogP contribution in [0.4, 0.5) is 26.5 Å². The van der Waals surface area contributed by atoms with Crippen molar-refractivity contribution in [1.29, 1.82) is 0 Å². The molecule has 0 atom stereocenters. The number of aromatic nitrogens is 6. The standard InChI is InChI=1S/C4H2F3N3O2.C4H2F3N3/c5-2(6)1-11-3-8-4(12-7)10-9-3;5-2(6)1-3-8-4(7)10-9-3/h1H,(H,8,9,10);1H,(H,8,9,10). The zero-order chi connectivity index (χ0) is 16.5. The summed E-state index contributed by atoms with van der Waals surface area (Å²) < 4.78 is 72.8. The second kappa shape index (κ2) is 8.28. The average molecular weight is 330 g/mol. The zero-order valence-electron chi connectivity index (χ0n) is 10.0. The second-order valence-corrected chi connectivity index (χ2v) is 2.94. The molecule has 14 heteroatoms. The van der Waals surface area contributed by atoms with Crippen LogP contribution in [0.25, 0.3) is 6.08 Å². The van der Waals surface area contributed by atoms with Crippen LogP contribution < -0.4 is 9.68 Å². The van der Waals surface area contributed by atoms with Gasteiger partial charge in [-0.25, -0.2) is 15.1 Å². The van der Waals surface area contributed by atoms with Crippen molar-refractivity contribution in [3.63, 3.8) is 0 Å². The summed E-state index contributed by atoms with van der Waals surface area (Å²) in [6.07, 6.45) is -4.50. The van der Waals surface area contributed by atoms with E-state index in [0.717, 1.165) is 0 Å². The van der Waals surface area contributed by atoms with E-state index < -0.39 is 30.3 Å². The lowest BCUT2D eigenvalue weighted by molar-refractivity contribution is -0.0175.